The average Bonchev–Trinajstić information content (AvgIpc) is 3.15. The van der Waals surface area contributed by atoms with Gasteiger partial charge in [0.1, 0.15) is 31.9 Å². The third-order valence-electron chi connectivity index (χ3n) is 7.00. The van der Waals surface area contributed by atoms with Crippen molar-refractivity contribution in [1.82, 2.24) is 0 Å². The van der Waals surface area contributed by atoms with Gasteiger partial charge < -0.3 is 28.6 Å². The van der Waals surface area contributed by atoms with Crippen LogP contribution in [-0.2, 0) is 19.2 Å². The number of allylic oxidation sites excluding steroid dienone is 3. The Labute approximate surface area is 301 Å². The number of alkyl halides is 2. The molecule has 0 aromatic heterocycles. The normalized spacial score (nSPS) is 12.5. The summed E-state index contributed by atoms with van der Waals surface area (Å²) in [5.41, 5.74) is -1.17. The van der Waals surface area contributed by atoms with Crippen LogP contribution >= 0.6 is 0 Å². The highest BCUT2D eigenvalue weighted by atomic mass is 19.2. The van der Waals surface area contributed by atoms with Crippen LogP contribution in [0.15, 0.2) is 78.9 Å². The molecule has 284 valence electrons. The van der Waals surface area contributed by atoms with E-state index in [2.05, 4.69) is 24.8 Å². The highest BCUT2D eigenvalue weighted by molar-refractivity contribution is 5.69. The Bertz CT molecular complexity index is 1300. The van der Waals surface area contributed by atoms with Crippen LogP contribution < -0.4 is 14.2 Å². The molecule has 10 nitrogen and oxygen atoms in total. The zero-order valence-electron chi connectivity index (χ0n) is 30.6. The minimum Gasteiger partial charge on any atom is -0.493 e. The molecular weight excluding hydrogens is 664 g/mol. The fraction of sp³-hybridized carbons (Fsp3) is 0.487. The number of para-hydroxylation sites is 1. The molecule has 0 aliphatic carbocycles. The van der Waals surface area contributed by atoms with Crippen molar-refractivity contribution in [3.05, 3.63) is 94.6 Å². The van der Waals surface area contributed by atoms with Crippen molar-refractivity contribution in [2.45, 2.75) is 77.8 Å². The van der Waals surface area contributed by atoms with Gasteiger partial charge in [-0.15, -0.1) is 10.1 Å². The molecule has 0 amide bonds. The average molecular weight is 720 g/mol. The summed E-state index contributed by atoms with van der Waals surface area (Å²) >= 11 is 0. The van der Waals surface area contributed by atoms with Crippen LogP contribution in [0.2, 0.25) is 0 Å². The summed E-state index contributed by atoms with van der Waals surface area (Å²) in [6.45, 7) is 4.76. The van der Waals surface area contributed by atoms with Crippen molar-refractivity contribution in [3.8, 4) is 17.2 Å². The number of unbranched alkanes of at least 4 members (excludes halogenated alkanes) is 2. The minimum atomic E-state index is -2.04. The van der Waals surface area contributed by atoms with Gasteiger partial charge in [-0.2, -0.15) is 0 Å². The first-order valence-electron chi connectivity index (χ1n) is 17.1. The molecule has 2 aromatic rings. The Morgan fingerprint density at radius 2 is 1.75 bits per heavy atom. The van der Waals surface area contributed by atoms with Gasteiger partial charge in [-0.3, -0.25) is 4.79 Å². The van der Waals surface area contributed by atoms with Gasteiger partial charge >= 0.3 is 5.97 Å². The molecule has 51 heavy (non-hydrogen) atoms. The second-order valence-corrected chi connectivity index (χ2v) is 11.1. The number of benzene rings is 2. The molecule has 0 radical (unpaired) electrons. The Morgan fingerprint density at radius 1 is 1.02 bits per heavy atom. The lowest BCUT2D eigenvalue weighted by Crippen LogP contribution is -2.31. The highest BCUT2D eigenvalue weighted by Gasteiger charge is 2.28. The molecule has 12 heteroatoms. The topological polar surface area (TPSA) is 123 Å². The fourth-order valence-electron chi connectivity index (χ4n) is 4.16. The summed E-state index contributed by atoms with van der Waals surface area (Å²) in [5, 5.41) is 9.03. The first-order valence-corrected chi connectivity index (χ1v) is 17.1. The quantitative estimate of drug-likeness (QED) is 0.0276. The summed E-state index contributed by atoms with van der Waals surface area (Å²) in [4.78, 5) is 35.1. The lowest BCUT2D eigenvalue weighted by Gasteiger charge is -2.19. The number of ether oxygens (including phenoxy) is 4. The summed E-state index contributed by atoms with van der Waals surface area (Å²) < 4.78 is 48.0. The van der Waals surface area contributed by atoms with Crippen LogP contribution in [0.5, 0.6) is 17.2 Å². The number of rotatable bonds is 23. The molecule has 0 saturated carbocycles. The van der Waals surface area contributed by atoms with Crippen LogP contribution in [-0.4, -0.2) is 63.7 Å². The van der Waals surface area contributed by atoms with Crippen molar-refractivity contribution in [2.75, 3.05) is 40.7 Å². The number of halogens is 2. The molecule has 0 saturated heterocycles. The van der Waals surface area contributed by atoms with Gasteiger partial charge in [0.05, 0.1) is 20.8 Å². The van der Waals surface area contributed by atoms with E-state index in [-0.39, 0.29) is 32.7 Å². The van der Waals surface area contributed by atoms with Crippen LogP contribution in [0, 0.1) is 16.0 Å². The second-order valence-electron chi connectivity index (χ2n) is 11.1. The summed E-state index contributed by atoms with van der Waals surface area (Å²) in [6.07, 6.45) is 17.6. The number of methoxy groups -OCH3 is 2. The van der Waals surface area contributed by atoms with E-state index < -0.39 is 23.4 Å². The van der Waals surface area contributed by atoms with E-state index in [1.807, 2.05) is 25.1 Å². The number of carbonyl (C=O) groups is 2. The van der Waals surface area contributed by atoms with Crippen molar-refractivity contribution < 1.29 is 47.2 Å². The molecule has 0 spiro atoms. The zero-order valence-corrected chi connectivity index (χ0v) is 30.6. The molecule has 2 aromatic carbocycles. The van der Waals surface area contributed by atoms with E-state index >= 15 is 0 Å². The van der Waals surface area contributed by atoms with E-state index in [0.717, 1.165) is 44.0 Å². The lowest BCUT2D eigenvalue weighted by molar-refractivity contribution is -0.757. The molecular formula is C39H55F2NO9. The van der Waals surface area contributed by atoms with Gasteiger partial charge in [-0.1, -0.05) is 68.8 Å². The predicted octanol–water partition coefficient (Wildman–Crippen LogP) is 9.31. The molecule has 2 unspecified atom stereocenters. The molecule has 2 atom stereocenters. The van der Waals surface area contributed by atoms with Gasteiger partial charge in [-0.25, -0.2) is 8.78 Å². The van der Waals surface area contributed by atoms with Gasteiger partial charge in [0.15, 0.2) is 17.2 Å². The maximum absolute atomic E-state index is 14.4. The lowest BCUT2D eigenvalue weighted by atomic mass is 9.97. The second kappa shape index (κ2) is 30.1. The summed E-state index contributed by atoms with van der Waals surface area (Å²) in [5.74, 6) is 1.66. The van der Waals surface area contributed by atoms with Crippen LogP contribution in [0.25, 0.3) is 6.08 Å². The third-order valence-corrected chi connectivity index (χ3v) is 7.00. The largest absolute Gasteiger partial charge is 0.493 e. The van der Waals surface area contributed by atoms with Crippen molar-refractivity contribution in [3.63, 3.8) is 0 Å². The minimum absolute atomic E-state index is 0.0675. The third kappa shape index (κ3) is 24.1. The summed E-state index contributed by atoms with van der Waals surface area (Å²) in [7, 11) is 3.11. The van der Waals surface area contributed by atoms with Crippen molar-refractivity contribution in [2.24, 2.45) is 5.92 Å². The molecule has 0 aliphatic heterocycles. The first-order chi connectivity index (χ1) is 24.6. The number of hydrogen-bond donors (Lipinski definition) is 0. The number of nitrogens with zero attached hydrogens (tertiary/aromatic N) is 1. The van der Waals surface area contributed by atoms with Crippen LogP contribution in [0.4, 0.5) is 8.78 Å². The maximum atomic E-state index is 14.4. The standard InChI is InChI=1S/C17H24F2O.C15H19NO7.C7H12O/c1-3-8-15(4-2)11-12-17(19,13-18)14-20-16-9-6-5-7-10-16;1-20-13-8-7-12(11-14(13)21-2)5-3-9-22-15(17)6-4-10-23-16(18)19;1-2-3-4-5-6-7-8/h5-7,9-12,15H,3-4,8,13-14H2,1-2H3;3,5,7-8,11H,4,6,9-10H2,1-2H3;2-3,7H,4-6H2,1H3/b12-11+;5-3+;3-2-. The molecule has 0 bridgehead atoms. The Hall–Kier alpha value is -4.74. The highest BCUT2D eigenvalue weighted by Crippen LogP contribution is 2.28. The number of carbonyl (C=O) groups excluding carboxylic acids is 2. The first kappa shape index (κ1) is 46.3. The van der Waals surface area contributed by atoms with E-state index in [4.69, 9.17) is 18.9 Å². The maximum Gasteiger partial charge on any atom is 0.306 e. The molecule has 2 rings (SSSR count). The van der Waals surface area contributed by atoms with Crippen LogP contribution in [0.3, 0.4) is 0 Å². The van der Waals surface area contributed by atoms with E-state index in [9.17, 15) is 28.5 Å². The molecule has 0 N–H and O–H groups in total. The van der Waals surface area contributed by atoms with Crippen molar-refractivity contribution >= 4 is 18.3 Å². The molecule has 0 aliphatic rings. The zero-order chi connectivity index (χ0) is 38.2. The van der Waals surface area contributed by atoms with Gasteiger partial charge in [0, 0.05) is 12.8 Å². The Morgan fingerprint density at radius 3 is 2.33 bits per heavy atom. The Kier molecular flexibility index (Phi) is 27.3. The Balaban J connectivity index is 0.000000815. The van der Waals surface area contributed by atoms with Crippen molar-refractivity contribution in [1.29, 1.82) is 0 Å². The number of aldehydes is 1. The predicted molar refractivity (Wildman–Crippen MR) is 196 cm³/mol. The van der Waals surface area contributed by atoms with Crippen LogP contribution in [0.1, 0.15) is 77.7 Å². The van der Waals surface area contributed by atoms with E-state index in [1.165, 1.54) is 6.08 Å². The van der Waals surface area contributed by atoms with Gasteiger partial charge in [0.2, 0.25) is 0 Å². The van der Waals surface area contributed by atoms with E-state index in [1.54, 1.807) is 68.8 Å². The number of esters is 1. The number of hydrogen-bond acceptors (Lipinski definition) is 9. The van der Waals surface area contributed by atoms with E-state index in [0.29, 0.717) is 29.6 Å². The van der Waals surface area contributed by atoms with Gasteiger partial charge in [-0.05, 0) is 86.9 Å². The summed E-state index contributed by atoms with van der Waals surface area (Å²) in [6, 6.07) is 14.3. The molecule has 0 heterocycles. The SMILES string of the molecule is C/C=C\CCCC=O.CCCC(/C=C/C(F)(CF)COc1ccccc1)CC.COc1ccc(/C=C/COC(=O)CCCO[N+](=O)[O-])cc1OC. The smallest absolute Gasteiger partial charge is 0.306 e. The van der Waals surface area contributed by atoms with Gasteiger partial charge in [0.25, 0.3) is 5.09 Å². The molecule has 0 fully saturated rings. The fourth-order valence-corrected chi connectivity index (χ4v) is 4.16. The monoisotopic (exact) mass is 719 g/mol.